The summed E-state index contributed by atoms with van der Waals surface area (Å²) in [4.78, 5) is 27.4. The van der Waals surface area contributed by atoms with Gasteiger partial charge in [-0.3, -0.25) is 9.59 Å². The Bertz CT molecular complexity index is 1040. The van der Waals surface area contributed by atoms with Crippen LogP contribution in [0.3, 0.4) is 0 Å². The summed E-state index contributed by atoms with van der Waals surface area (Å²) in [5.41, 5.74) is 1.71. The molecule has 0 aromatic carbocycles. The van der Waals surface area contributed by atoms with Crippen molar-refractivity contribution in [3.05, 3.63) is 11.6 Å². The first-order chi connectivity index (χ1) is 19.0. The van der Waals surface area contributed by atoms with Gasteiger partial charge in [0.25, 0.3) is 0 Å². The maximum absolute atomic E-state index is 12.8. The van der Waals surface area contributed by atoms with Crippen LogP contribution in [-0.4, -0.2) is 41.3 Å². The summed E-state index contributed by atoms with van der Waals surface area (Å²) in [5.74, 6) is 3.79. The SMILES string of the molecule is CCCCCC(=O)O[C@H]1CC[C@@]2(C)C(=CC[C@H]3[C@@H]4C[C@H]5O[C@@]6(CC[C@H](C)CN6C(C)=O)[C@@H](C)[C@@H]5[C@@]4(C)CC[C@@H]32)C1. The van der Waals surface area contributed by atoms with Gasteiger partial charge in [0.1, 0.15) is 11.8 Å². The summed E-state index contributed by atoms with van der Waals surface area (Å²) in [6.45, 7) is 14.6. The zero-order valence-corrected chi connectivity index (χ0v) is 26.2. The molecule has 11 atom stereocenters. The van der Waals surface area contributed by atoms with E-state index in [2.05, 4.69) is 45.6 Å². The van der Waals surface area contributed by atoms with Crippen LogP contribution in [0.15, 0.2) is 11.6 Å². The van der Waals surface area contributed by atoms with E-state index >= 15 is 0 Å². The van der Waals surface area contributed by atoms with Gasteiger partial charge in [0.2, 0.25) is 5.91 Å². The van der Waals surface area contributed by atoms with Crippen LogP contribution in [0.25, 0.3) is 0 Å². The molecule has 0 N–H and O–H groups in total. The highest BCUT2D eigenvalue weighted by molar-refractivity contribution is 5.74. The maximum atomic E-state index is 12.8. The summed E-state index contributed by atoms with van der Waals surface area (Å²) in [5, 5.41) is 0. The molecule has 5 nitrogen and oxygen atoms in total. The molecule has 4 aliphatic carbocycles. The third kappa shape index (κ3) is 4.33. The highest BCUT2D eigenvalue weighted by Crippen LogP contribution is 2.70. The Balaban J connectivity index is 1.18. The molecule has 2 aliphatic heterocycles. The molecule has 1 spiro atoms. The minimum absolute atomic E-state index is 0.00456. The van der Waals surface area contributed by atoms with Gasteiger partial charge in [-0.1, -0.05) is 59.1 Å². The van der Waals surface area contributed by atoms with E-state index in [1.165, 1.54) is 19.3 Å². The van der Waals surface area contributed by atoms with Gasteiger partial charge in [-0.15, -0.1) is 0 Å². The van der Waals surface area contributed by atoms with Crippen molar-refractivity contribution in [1.29, 1.82) is 0 Å². The molecule has 5 fully saturated rings. The number of ether oxygens (including phenoxy) is 2. The van der Waals surface area contributed by atoms with Gasteiger partial charge in [-0.25, -0.2) is 0 Å². The fraction of sp³-hybridized carbons (Fsp3) is 0.886. The quantitative estimate of drug-likeness (QED) is 0.199. The normalized spacial score (nSPS) is 47.6. The van der Waals surface area contributed by atoms with Crippen LogP contribution in [0.5, 0.6) is 0 Å². The monoisotopic (exact) mass is 553 g/mol. The van der Waals surface area contributed by atoms with Crippen LogP contribution < -0.4 is 0 Å². The number of fused-ring (bicyclic) bond motifs is 7. The number of hydrogen-bond acceptors (Lipinski definition) is 4. The molecule has 0 radical (unpaired) electrons. The molecule has 3 saturated carbocycles. The molecule has 0 aromatic rings. The number of unbranched alkanes of at least 4 members (excludes halogenated alkanes) is 2. The summed E-state index contributed by atoms with van der Waals surface area (Å²) >= 11 is 0. The Morgan fingerprint density at radius 3 is 2.62 bits per heavy atom. The van der Waals surface area contributed by atoms with Gasteiger partial charge in [0.15, 0.2) is 0 Å². The lowest BCUT2D eigenvalue weighted by atomic mass is 9.46. The van der Waals surface area contributed by atoms with Gasteiger partial charge < -0.3 is 14.4 Å². The number of allylic oxidation sites excluding steroid dienone is 1. The van der Waals surface area contributed by atoms with Crippen LogP contribution in [-0.2, 0) is 19.1 Å². The Labute approximate surface area is 243 Å². The van der Waals surface area contributed by atoms with E-state index in [4.69, 9.17) is 9.47 Å². The van der Waals surface area contributed by atoms with Gasteiger partial charge >= 0.3 is 5.97 Å². The summed E-state index contributed by atoms with van der Waals surface area (Å²) in [6, 6.07) is 0. The predicted molar refractivity (Wildman–Crippen MR) is 157 cm³/mol. The van der Waals surface area contributed by atoms with Gasteiger partial charge in [-0.05, 0) is 98.2 Å². The van der Waals surface area contributed by atoms with Crippen LogP contribution in [0.4, 0.5) is 0 Å². The molecule has 224 valence electrons. The molecule has 0 bridgehead atoms. The van der Waals surface area contributed by atoms with Crippen LogP contribution in [0, 0.1) is 46.3 Å². The Morgan fingerprint density at radius 1 is 1.07 bits per heavy atom. The van der Waals surface area contributed by atoms with Crippen LogP contribution in [0.1, 0.15) is 125 Å². The second kappa shape index (κ2) is 10.4. The zero-order chi connectivity index (χ0) is 28.4. The highest BCUT2D eigenvalue weighted by atomic mass is 16.5. The van der Waals surface area contributed by atoms with Crippen molar-refractivity contribution >= 4 is 11.9 Å². The highest BCUT2D eigenvalue weighted by Gasteiger charge is 2.69. The number of piperidine rings is 1. The van der Waals surface area contributed by atoms with Gasteiger partial charge in [0.05, 0.1) is 6.10 Å². The minimum Gasteiger partial charge on any atom is -0.462 e. The van der Waals surface area contributed by atoms with E-state index in [9.17, 15) is 9.59 Å². The molecule has 40 heavy (non-hydrogen) atoms. The van der Waals surface area contributed by atoms with Crippen molar-refractivity contribution in [1.82, 2.24) is 4.90 Å². The first-order valence-electron chi connectivity index (χ1n) is 16.9. The number of likely N-dealkylation sites (tertiary alicyclic amines) is 1. The number of amides is 1. The molecule has 1 amide bonds. The van der Waals surface area contributed by atoms with Crippen molar-refractivity contribution in [2.45, 2.75) is 143 Å². The average molecular weight is 554 g/mol. The molecule has 0 unspecified atom stereocenters. The average Bonchev–Trinajstić information content (AvgIpc) is 3.36. The lowest BCUT2D eigenvalue weighted by Crippen LogP contribution is -2.60. The second-order valence-corrected chi connectivity index (χ2v) is 15.4. The van der Waals surface area contributed by atoms with E-state index in [0.29, 0.717) is 36.0 Å². The molecule has 5 heteroatoms. The van der Waals surface area contributed by atoms with Crippen LogP contribution in [0.2, 0.25) is 0 Å². The summed E-state index contributed by atoms with van der Waals surface area (Å²) in [6.07, 6.45) is 16.8. The fourth-order valence-corrected chi connectivity index (χ4v) is 11.3. The minimum atomic E-state index is -0.392. The molecule has 0 aromatic heterocycles. The molecule has 6 rings (SSSR count). The third-order valence-corrected chi connectivity index (χ3v) is 13.4. The number of carbonyl (C=O) groups excluding carboxylic acids is 2. The number of esters is 1. The second-order valence-electron chi connectivity index (χ2n) is 15.4. The van der Waals surface area contributed by atoms with E-state index in [1.54, 1.807) is 12.5 Å². The van der Waals surface area contributed by atoms with Crippen LogP contribution >= 0.6 is 0 Å². The first kappa shape index (κ1) is 28.7. The summed E-state index contributed by atoms with van der Waals surface area (Å²) < 4.78 is 13.1. The van der Waals surface area contributed by atoms with Crippen molar-refractivity contribution in [3.63, 3.8) is 0 Å². The van der Waals surface area contributed by atoms with E-state index in [1.807, 2.05) is 0 Å². The molecular weight excluding hydrogens is 498 g/mol. The smallest absolute Gasteiger partial charge is 0.306 e. The van der Waals surface area contributed by atoms with Crippen molar-refractivity contribution in [2.24, 2.45) is 46.3 Å². The predicted octanol–water partition coefficient (Wildman–Crippen LogP) is 7.68. The number of nitrogens with zero attached hydrogens (tertiary/aromatic N) is 1. The maximum Gasteiger partial charge on any atom is 0.306 e. The van der Waals surface area contributed by atoms with Gasteiger partial charge in [0, 0.05) is 32.2 Å². The number of rotatable bonds is 5. The lowest BCUT2D eigenvalue weighted by Gasteiger charge is -2.59. The Hall–Kier alpha value is -1.36. The van der Waals surface area contributed by atoms with E-state index in [0.717, 1.165) is 70.3 Å². The third-order valence-electron chi connectivity index (χ3n) is 13.4. The van der Waals surface area contributed by atoms with Crippen molar-refractivity contribution in [3.8, 4) is 0 Å². The van der Waals surface area contributed by atoms with Gasteiger partial charge in [-0.2, -0.15) is 0 Å². The fourth-order valence-electron chi connectivity index (χ4n) is 11.3. The topological polar surface area (TPSA) is 55.8 Å². The van der Waals surface area contributed by atoms with E-state index in [-0.39, 0.29) is 34.9 Å². The number of carbonyl (C=O) groups is 2. The lowest BCUT2D eigenvalue weighted by molar-refractivity contribution is -0.200. The van der Waals surface area contributed by atoms with Crippen molar-refractivity contribution in [2.75, 3.05) is 6.54 Å². The van der Waals surface area contributed by atoms with E-state index < -0.39 is 5.72 Å². The Kier molecular flexibility index (Phi) is 7.49. The first-order valence-corrected chi connectivity index (χ1v) is 16.9. The molecule has 2 saturated heterocycles. The zero-order valence-electron chi connectivity index (χ0n) is 26.2. The summed E-state index contributed by atoms with van der Waals surface area (Å²) in [7, 11) is 0. The van der Waals surface area contributed by atoms with Crippen molar-refractivity contribution < 1.29 is 19.1 Å². The molecular formula is C35H55NO4. The largest absolute Gasteiger partial charge is 0.462 e. The Morgan fingerprint density at radius 2 is 1.88 bits per heavy atom. The molecule has 2 heterocycles. The molecule has 6 aliphatic rings. The number of hydrogen-bond donors (Lipinski definition) is 0. The standard InChI is InChI=1S/C35H55NO4/c1-7-8-9-10-31(38)39-26-14-16-33(5)25(19-26)11-12-27-28(33)15-17-34(6)29(27)20-30-32(34)23(3)35(40-30)18-13-22(2)21-36(35)24(4)37/h11,22-23,26-30,32H,7-10,12-21H2,1-6H3/t22-,23-,26-,27+,28-,29-,30+,32-,33-,34-,35-/m0/s1.